The van der Waals surface area contributed by atoms with Crippen LogP contribution in [0.1, 0.15) is 49.5 Å². The Morgan fingerprint density at radius 2 is 1.73 bits per heavy atom. The molecule has 2 aromatic carbocycles. The highest BCUT2D eigenvalue weighted by Crippen LogP contribution is 2.29. The van der Waals surface area contributed by atoms with Gasteiger partial charge in [-0.15, -0.1) is 0 Å². The Morgan fingerprint density at radius 1 is 1.00 bits per heavy atom. The number of benzene rings is 2. The van der Waals surface area contributed by atoms with Crippen molar-refractivity contribution in [2.75, 3.05) is 29.9 Å². The fourth-order valence-electron chi connectivity index (χ4n) is 4.33. The molecule has 0 saturated carbocycles. The van der Waals surface area contributed by atoms with Crippen LogP contribution in [-0.2, 0) is 16.0 Å². The minimum absolute atomic E-state index is 0.0434. The number of piperidine rings is 1. The molecule has 2 aromatic rings. The second-order valence-electron chi connectivity index (χ2n) is 9.67. The number of nitrogens with one attached hydrogen (secondary N) is 1. The number of para-hydroxylation sites is 1. The van der Waals surface area contributed by atoms with Crippen molar-refractivity contribution < 1.29 is 19.1 Å². The first-order valence-corrected chi connectivity index (χ1v) is 11.5. The number of carbonyl (C=O) groups is 3. The zero-order chi connectivity index (χ0) is 23.6. The van der Waals surface area contributed by atoms with Crippen molar-refractivity contribution >= 4 is 29.3 Å². The van der Waals surface area contributed by atoms with E-state index < -0.39 is 5.60 Å². The minimum atomic E-state index is -0.567. The van der Waals surface area contributed by atoms with Gasteiger partial charge in [-0.25, -0.2) is 4.79 Å². The van der Waals surface area contributed by atoms with Crippen molar-refractivity contribution in [3.63, 3.8) is 0 Å². The topological polar surface area (TPSA) is 79.0 Å². The number of fused-ring (bicyclic) bond motifs is 1. The summed E-state index contributed by atoms with van der Waals surface area (Å²) in [5.41, 5.74) is 2.79. The third-order valence-electron chi connectivity index (χ3n) is 5.98. The molecular weight excluding hydrogens is 418 g/mol. The van der Waals surface area contributed by atoms with Crippen LogP contribution in [-0.4, -0.2) is 48.0 Å². The van der Waals surface area contributed by atoms with E-state index in [-0.39, 0.29) is 23.8 Å². The summed E-state index contributed by atoms with van der Waals surface area (Å²) in [5.74, 6) is -0.470. The van der Waals surface area contributed by atoms with Crippen molar-refractivity contribution in [2.45, 2.75) is 45.6 Å². The first-order chi connectivity index (χ1) is 15.7. The van der Waals surface area contributed by atoms with Gasteiger partial charge in [0.2, 0.25) is 5.91 Å². The molecule has 4 rings (SSSR count). The lowest BCUT2D eigenvalue weighted by Crippen LogP contribution is -2.45. The van der Waals surface area contributed by atoms with Crippen LogP contribution in [0.5, 0.6) is 0 Å². The highest BCUT2D eigenvalue weighted by Gasteiger charge is 2.31. The van der Waals surface area contributed by atoms with Gasteiger partial charge in [-0.3, -0.25) is 9.59 Å². The Bertz CT molecular complexity index is 1040. The SMILES string of the molecule is CC(C)(C)OC(=O)N1CCCC(C(=O)Nc2ccc(C(=O)N3CCc4ccccc43)cc2)C1. The molecule has 2 aliphatic heterocycles. The predicted molar refractivity (Wildman–Crippen MR) is 127 cm³/mol. The zero-order valence-corrected chi connectivity index (χ0v) is 19.5. The number of nitrogens with zero attached hydrogens (tertiary/aromatic N) is 2. The molecule has 174 valence electrons. The standard InChI is InChI=1S/C26H31N3O4/c1-26(2,3)33-25(32)28-15-6-8-20(17-28)23(30)27-21-12-10-19(11-13-21)24(31)29-16-14-18-7-4-5-9-22(18)29/h4-5,7,9-13,20H,6,8,14-17H2,1-3H3,(H,27,30). The Hall–Kier alpha value is -3.35. The van der Waals surface area contributed by atoms with Gasteiger partial charge in [0.15, 0.2) is 0 Å². The number of hydrogen-bond donors (Lipinski definition) is 1. The highest BCUT2D eigenvalue weighted by atomic mass is 16.6. The van der Waals surface area contributed by atoms with Gasteiger partial charge in [0.05, 0.1) is 5.92 Å². The summed E-state index contributed by atoms with van der Waals surface area (Å²) >= 11 is 0. The Labute approximate surface area is 194 Å². The fraction of sp³-hybridized carbons (Fsp3) is 0.423. The zero-order valence-electron chi connectivity index (χ0n) is 19.5. The van der Waals surface area contributed by atoms with Gasteiger partial charge in [-0.05, 0) is 75.9 Å². The first kappa shape index (κ1) is 22.8. The fourth-order valence-corrected chi connectivity index (χ4v) is 4.33. The summed E-state index contributed by atoms with van der Waals surface area (Å²) in [5, 5.41) is 2.93. The smallest absolute Gasteiger partial charge is 0.410 e. The highest BCUT2D eigenvalue weighted by molar-refractivity contribution is 6.07. The molecule has 0 radical (unpaired) electrons. The lowest BCUT2D eigenvalue weighted by atomic mass is 9.97. The summed E-state index contributed by atoms with van der Waals surface area (Å²) < 4.78 is 5.44. The summed E-state index contributed by atoms with van der Waals surface area (Å²) in [7, 11) is 0. The van der Waals surface area contributed by atoms with E-state index in [0.717, 1.165) is 24.9 Å². The van der Waals surface area contributed by atoms with E-state index in [0.29, 0.717) is 30.9 Å². The Morgan fingerprint density at radius 3 is 2.45 bits per heavy atom. The van der Waals surface area contributed by atoms with E-state index >= 15 is 0 Å². The van der Waals surface area contributed by atoms with Crippen molar-refractivity contribution in [3.05, 3.63) is 59.7 Å². The summed E-state index contributed by atoms with van der Waals surface area (Å²) in [4.78, 5) is 41.6. The molecule has 2 heterocycles. The summed E-state index contributed by atoms with van der Waals surface area (Å²) in [6.07, 6.45) is 1.95. The maximum Gasteiger partial charge on any atom is 0.410 e. The van der Waals surface area contributed by atoms with Gasteiger partial charge in [0, 0.05) is 36.6 Å². The monoisotopic (exact) mass is 449 g/mol. The molecule has 1 unspecified atom stereocenters. The van der Waals surface area contributed by atoms with Gasteiger partial charge in [-0.2, -0.15) is 0 Å². The largest absolute Gasteiger partial charge is 0.444 e. The molecule has 0 spiro atoms. The van der Waals surface area contributed by atoms with E-state index in [1.165, 1.54) is 5.56 Å². The average molecular weight is 450 g/mol. The van der Waals surface area contributed by atoms with Gasteiger partial charge in [-0.1, -0.05) is 18.2 Å². The van der Waals surface area contributed by atoms with Crippen LogP contribution in [0.4, 0.5) is 16.2 Å². The number of rotatable bonds is 3. The van der Waals surface area contributed by atoms with Gasteiger partial charge < -0.3 is 19.9 Å². The van der Waals surface area contributed by atoms with Crippen LogP contribution in [0, 0.1) is 5.92 Å². The lowest BCUT2D eigenvalue weighted by molar-refractivity contribution is -0.121. The van der Waals surface area contributed by atoms with Crippen LogP contribution in [0.3, 0.4) is 0 Å². The molecule has 3 amide bonds. The number of hydrogen-bond acceptors (Lipinski definition) is 4. The van der Waals surface area contributed by atoms with E-state index in [4.69, 9.17) is 4.74 Å². The van der Waals surface area contributed by atoms with E-state index in [1.807, 2.05) is 39.0 Å². The van der Waals surface area contributed by atoms with Crippen LogP contribution < -0.4 is 10.2 Å². The predicted octanol–water partition coefficient (Wildman–Crippen LogP) is 4.48. The molecule has 1 atom stereocenters. The van der Waals surface area contributed by atoms with Crippen molar-refractivity contribution in [2.24, 2.45) is 5.92 Å². The Balaban J connectivity index is 1.35. The third kappa shape index (κ3) is 5.35. The van der Waals surface area contributed by atoms with Crippen molar-refractivity contribution in [3.8, 4) is 0 Å². The molecule has 0 bridgehead atoms. The Kier molecular flexibility index (Phi) is 6.40. The number of likely N-dealkylation sites (tertiary alicyclic amines) is 1. The normalized spacial score (nSPS) is 18.0. The van der Waals surface area contributed by atoms with Crippen LogP contribution >= 0.6 is 0 Å². The van der Waals surface area contributed by atoms with Gasteiger partial charge in [0.25, 0.3) is 5.91 Å². The minimum Gasteiger partial charge on any atom is -0.444 e. The van der Waals surface area contributed by atoms with E-state index in [1.54, 1.807) is 34.1 Å². The van der Waals surface area contributed by atoms with Gasteiger partial charge >= 0.3 is 6.09 Å². The maximum absolute atomic E-state index is 13.0. The van der Waals surface area contributed by atoms with Crippen LogP contribution in [0.15, 0.2) is 48.5 Å². The molecule has 0 aliphatic carbocycles. The molecule has 1 fully saturated rings. The average Bonchev–Trinajstić information content (AvgIpc) is 3.22. The summed E-state index contributed by atoms with van der Waals surface area (Å²) in [6, 6.07) is 14.9. The number of carbonyl (C=O) groups excluding carboxylic acids is 3. The number of ether oxygens (including phenoxy) is 1. The quantitative estimate of drug-likeness (QED) is 0.750. The van der Waals surface area contributed by atoms with E-state index in [2.05, 4.69) is 11.4 Å². The van der Waals surface area contributed by atoms with Crippen LogP contribution in [0.25, 0.3) is 0 Å². The molecule has 7 heteroatoms. The van der Waals surface area contributed by atoms with Crippen molar-refractivity contribution in [1.29, 1.82) is 0 Å². The second-order valence-corrected chi connectivity index (χ2v) is 9.67. The molecule has 33 heavy (non-hydrogen) atoms. The van der Waals surface area contributed by atoms with Crippen molar-refractivity contribution in [1.82, 2.24) is 4.90 Å². The van der Waals surface area contributed by atoms with E-state index in [9.17, 15) is 14.4 Å². The number of anilines is 2. The molecule has 0 aromatic heterocycles. The van der Waals surface area contributed by atoms with Crippen LogP contribution in [0.2, 0.25) is 0 Å². The molecule has 1 N–H and O–H groups in total. The number of amides is 3. The van der Waals surface area contributed by atoms with Gasteiger partial charge in [0.1, 0.15) is 5.60 Å². The maximum atomic E-state index is 13.0. The third-order valence-corrected chi connectivity index (χ3v) is 5.98. The second kappa shape index (κ2) is 9.25. The lowest BCUT2D eigenvalue weighted by Gasteiger charge is -2.33. The first-order valence-electron chi connectivity index (χ1n) is 11.5. The molecule has 1 saturated heterocycles. The molecular formula is C26H31N3O4. The molecule has 7 nitrogen and oxygen atoms in total. The summed E-state index contributed by atoms with van der Waals surface area (Å²) in [6.45, 7) is 7.09. The molecule has 2 aliphatic rings.